The van der Waals surface area contributed by atoms with Crippen molar-refractivity contribution in [1.29, 1.82) is 0 Å². The fourth-order valence-corrected chi connectivity index (χ4v) is 3.47. The van der Waals surface area contributed by atoms with Gasteiger partial charge in [-0.15, -0.1) is 11.8 Å². The Morgan fingerprint density at radius 2 is 1.67 bits per heavy atom. The number of rotatable bonds is 4. The van der Waals surface area contributed by atoms with E-state index in [-0.39, 0.29) is 11.6 Å². The summed E-state index contributed by atoms with van der Waals surface area (Å²) in [7, 11) is 0. The molecule has 0 N–H and O–H groups in total. The molecular weight excluding hydrogens is 283 g/mol. The molecule has 2 aromatic carbocycles. The van der Waals surface area contributed by atoms with Gasteiger partial charge in [0, 0.05) is 16.2 Å². The van der Waals surface area contributed by atoms with Crippen molar-refractivity contribution < 1.29 is 9.18 Å². The normalized spacial score (nSPS) is 10.7. The van der Waals surface area contributed by atoms with Crippen LogP contribution >= 0.6 is 11.8 Å². The molecule has 0 bridgehead atoms. The van der Waals surface area contributed by atoms with Gasteiger partial charge in [-0.25, -0.2) is 4.39 Å². The van der Waals surface area contributed by atoms with E-state index in [2.05, 4.69) is 32.0 Å². The molecule has 3 heteroatoms. The molecule has 0 unspecified atom stereocenters. The lowest BCUT2D eigenvalue weighted by atomic mass is 10.1. The van der Waals surface area contributed by atoms with Gasteiger partial charge < -0.3 is 0 Å². The van der Waals surface area contributed by atoms with E-state index in [0.717, 1.165) is 10.6 Å². The maximum absolute atomic E-state index is 13.6. The van der Waals surface area contributed by atoms with Crippen LogP contribution in [-0.2, 0) is 5.75 Å². The minimum Gasteiger partial charge on any atom is -0.294 e. The second-order valence-electron chi connectivity index (χ2n) is 5.44. The number of benzene rings is 2. The second-order valence-corrected chi connectivity index (χ2v) is 6.46. The molecule has 0 saturated carbocycles. The Bertz CT molecular complexity index is 672. The molecule has 0 heterocycles. The average molecular weight is 302 g/mol. The Morgan fingerprint density at radius 1 is 1.05 bits per heavy atom. The van der Waals surface area contributed by atoms with Gasteiger partial charge in [0.2, 0.25) is 0 Å². The lowest BCUT2D eigenvalue weighted by Crippen LogP contribution is -1.99. The largest absolute Gasteiger partial charge is 0.294 e. The molecule has 0 spiro atoms. The Hall–Kier alpha value is -1.61. The molecular formula is C18H19FOS. The highest BCUT2D eigenvalue weighted by atomic mass is 32.2. The first-order valence-electron chi connectivity index (χ1n) is 6.88. The summed E-state index contributed by atoms with van der Waals surface area (Å²) in [6.45, 7) is 7.35. The Labute approximate surface area is 129 Å². The summed E-state index contributed by atoms with van der Waals surface area (Å²) in [5, 5.41) is 0. The van der Waals surface area contributed by atoms with Gasteiger partial charge in [0.1, 0.15) is 5.82 Å². The van der Waals surface area contributed by atoms with Gasteiger partial charge >= 0.3 is 0 Å². The third kappa shape index (κ3) is 3.94. The standard InChI is InChI=1S/C18H19FOS/c1-11-5-12(2)7-15(6-11)10-21-18-8-13(3)17(19)9-16(18)14(4)20/h5-9H,10H2,1-4H3. The van der Waals surface area contributed by atoms with E-state index in [4.69, 9.17) is 0 Å². The molecule has 0 radical (unpaired) electrons. The fraction of sp³-hybridized carbons (Fsp3) is 0.278. The van der Waals surface area contributed by atoms with Crippen LogP contribution < -0.4 is 0 Å². The molecule has 21 heavy (non-hydrogen) atoms. The van der Waals surface area contributed by atoms with Crippen LogP contribution in [0, 0.1) is 26.6 Å². The van der Waals surface area contributed by atoms with E-state index in [0.29, 0.717) is 11.1 Å². The molecule has 0 aromatic heterocycles. The summed E-state index contributed by atoms with van der Waals surface area (Å²) >= 11 is 1.58. The topological polar surface area (TPSA) is 17.1 Å². The number of hydrogen-bond donors (Lipinski definition) is 0. The van der Waals surface area contributed by atoms with Gasteiger partial charge in [-0.3, -0.25) is 4.79 Å². The first-order chi connectivity index (χ1) is 9.86. The van der Waals surface area contributed by atoms with Crippen LogP contribution in [0.5, 0.6) is 0 Å². The summed E-state index contributed by atoms with van der Waals surface area (Å²) in [4.78, 5) is 12.5. The van der Waals surface area contributed by atoms with Crippen molar-refractivity contribution in [3.05, 3.63) is 64.0 Å². The van der Waals surface area contributed by atoms with Crippen LogP contribution in [-0.4, -0.2) is 5.78 Å². The lowest BCUT2D eigenvalue weighted by molar-refractivity contribution is 0.101. The predicted octanol–water partition coefficient (Wildman–Crippen LogP) is 5.25. The quantitative estimate of drug-likeness (QED) is 0.567. The van der Waals surface area contributed by atoms with E-state index in [1.807, 2.05) is 0 Å². The molecule has 0 saturated heterocycles. The highest BCUT2D eigenvalue weighted by Crippen LogP contribution is 2.29. The van der Waals surface area contributed by atoms with Gasteiger partial charge in [0.25, 0.3) is 0 Å². The molecule has 0 amide bonds. The van der Waals surface area contributed by atoms with Gasteiger partial charge in [-0.05, 0) is 51.0 Å². The minimum atomic E-state index is -0.323. The second kappa shape index (κ2) is 6.44. The molecule has 2 rings (SSSR count). The van der Waals surface area contributed by atoms with E-state index < -0.39 is 0 Å². The minimum absolute atomic E-state index is 0.100. The summed E-state index contributed by atoms with van der Waals surface area (Å²) < 4.78 is 13.6. The number of hydrogen-bond acceptors (Lipinski definition) is 2. The average Bonchev–Trinajstić information content (AvgIpc) is 2.38. The Morgan fingerprint density at radius 3 is 2.24 bits per heavy atom. The highest BCUT2D eigenvalue weighted by Gasteiger charge is 2.12. The van der Waals surface area contributed by atoms with Crippen LogP contribution in [0.15, 0.2) is 35.2 Å². The number of aryl methyl sites for hydroxylation is 3. The van der Waals surface area contributed by atoms with Crippen LogP contribution in [0.1, 0.15) is 39.5 Å². The van der Waals surface area contributed by atoms with Crippen molar-refractivity contribution in [2.75, 3.05) is 0 Å². The monoisotopic (exact) mass is 302 g/mol. The van der Waals surface area contributed by atoms with E-state index in [1.54, 1.807) is 24.8 Å². The number of carbonyl (C=O) groups is 1. The van der Waals surface area contributed by atoms with Gasteiger partial charge in [-0.1, -0.05) is 29.3 Å². The number of halogens is 1. The molecule has 110 valence electrons. The predicted molar refractivity (Wildman–Crippen MR) is 86.6 cm³/mol. The molecule has 0 aliphatic heterocycles. The van der Waals surface area contributed by atoms with Crippen LogP contribution in [0.25, 0.3) is 0 Å². The molecule has 1 nitrogen and oxygen atoms in total. The zero-order valence-corrected chi connectivity index (χ0v) is 13.6. The molecule has 0 aliphatic carbocycles. The maximum atomic E-state index is 13.6. The van der Waals surface area contributed by atoms with E-state index in [1.165, 1.54) is 29.7 Å². The zero-order valence-electron chi connectivity index (χ0n) is 12.8. The van der Waals surface area contributed by atoms with Crippen molar-refractivity contribution in [1.82, 2.24) is 0 Å². The first-order valence-corrected chi connectivity index (χ1v) is 7.86. The smallest absolute Gasteiger partial charge is 0.161 e. The zero-order chi connectivity index (χ0) is 15.6. The molecule has 0 atom stereocenters. The van der Waals surface area contributed by atoms with Crippen molar-refractivity contribution in [3.8, 4) is 0 Å². The van der Waals surface area contributed by atoms with Gasteiger partial charge in [0.05, 0.1) is 0 Å². The Balaban J connectivity index is 2.27. The van der Waals surface area contributed by atoms with Crippen LogP contribution in [0.4, 0.5) is 4.39 Å². The summed E-state index contributed by atoms with van der Waals surface area (Å²) in [6.07, 6.45) is 0. The lowest BCUT2D eigenvalue weighted by Gasteiger charge is -2.10. The van der Waals surface area contributed by atoms with Crippen molar-refractivity contribution in [2.45, 2.75) is 38.3 Å². The molecule has 2 aromatic rings. The number of carbonyl (C=O) groups excluding carboxylic acids is 1. The van der Waals surface area contributed by atoms with Gasteiger partial charge in [-0.2, -0.15) is 0 Å². The van der Waals surface area contributed by atoms with Crippen LogP contribution in [0.2, 0.25) is 0 Å². The first kappa shape index (κ1) is 15.8. The SMILES string of the molecule is CC(=O)c1cc(F)c(C)cc1SCc1cc(C)cc(C)c1. The van der Waals surface area contributed by atoms with Crippen molar-refractivity contribution >= 4 is 17.5 Å². The maximum Gasteiger partial charge on any atom is 0.161 e. The summed E-state index contributed by atoms with van der Waals surface area (Å²) in [6, 6.07) is 9.53. The number of ketones is 1. The third-order valence-electron chi connectivity index (χ3n) is 3.32. The summed E-state index contributed by atoms with van der Waals surface area (Å²) in [5.41, 5.74) is 4.71. The van der Waals surface area contributed by atoms with E-state index >= 15 is 0 Å². The highest BCUT2D eigenvalue weighted by molar-refractivity contribution is 7.98. The Kier molecular flexibility index (Phi) is 4.84. The number of thioether (sulfide) groups is 1. The fourth-order valence-electron chi connectivity index (χ4n) is 2.36. The van der Waals surface area contributed by atoms with Crippen LogP contribution in [0.3, 0.4) is 0 Å². The molecule has 0 aliphatic rings. The van der Waals surface area contributed by atoms with E-state index in [9.17, 15) is 9.18 Å². The number of Topliss-reactive ketones (excluding diaryl/α,β-unsaturated/α-hetero) is 1. The van der Waals surface area contributed by atoms with Gasteiger partial charge in [0.15, 0.2) is 5.78 Å². The third-order valence-corrected chi connectivity index (χ3v) is 4.44. The molecule has 0 fully saturated rings. The summed E-state index contributed by atoms with van der Waals surface area (Å²) in [5.74, 6) is 0.348. The van der Waals surface area contributed by atoms with Crippen molar-refractivity contribution in [2.24, 2.45) is 0 Å². The van der Waals surface area contributed by atoms with Crippen molar-refractivity contribution in [3.63, 3.8) is 0 Å².